The number of ether oxygens (including phenoxy) is 1. The Labute approximate surface area is 146 Å². The third-order valence-electron chi connectivity index (χ3n) is 3.71. The van der Waals surface area contributed by atoms with Crippen LogP contribution in [0.3, 0.4) is 0 Å². The van der Waals surface area contributed by atoms with Gasteiger partial charge in [0.1, 0.15) is 5.75 Å². The minimum Gasteiger partial charge on any atom is -0.496 e. The maximum absolute atomic E-state index is 12.5. The van der Waals surface area contributed by atoms with Gasteiger partial charge in [-0.25, -0.2) is 0 Å². The van der Waals surface area contributed by atoms with E-state index in [2.05, 4.69) is 17.4 Å². The molecule has 3 rings (SSSR count). The van der Waals surface area contributed by atoms with Gasteiger partial charge in [-0.05, 0) is 35.0 Å². The van der Waals surface area contributed by atoms with Crippen molar-refractivity contribution in [3.8, 4) is 5.75 Å². The molecule has 1 amide bonds. The lowest BCUT2D eigenvalue weighted by Gasteiger charge is -2.11. The number of hydrogen-bond acceptors (Lipinski definition) is 3. The van der Waals surface area contributed by atoms with Crippen molar-refractivity contribution in [2.75, 3.05) is 19.4 Å². The first-order valence-corrected chi connectivity index (χ1v) is 8.79. The predicted octanol–water partition coefficient (Wildman–Crippen LogP) is 4.37. The van der Waals surface area contributed by atoms with Gasteiger partial charge in [0.15, 0.2) is 0 Å². The Morgan fingerprint density at radius 1 is 1.00 bits per heavy atom. The van der Waals surface area contributed by atoms with Crippen LogP contribution in [0.15, 0.2) is 71.6 Å². The van der Waals surface area contributed by atoms with Crippen LogP contribution in [0.4, 0.5) is 0 Å². The van der Waals surface area contributed by atoms with Gasteiger partial charge in [0.2, 0.25) is 0 Å². The molecule has 0 fully saturated rings. The summed E-state index contributed by atoms with van der Waals surface area (Å²) < 4.78 is 5.38. The van der Waals surface area contributed by atoms with Crippen LogP contribution in [0.2, 0.25) is 0 Å². The smallest absolute Gasteiger partial charge is 0.255 e. The number of methoxy groups -OCH3 is 1. The normalized spacial score (nSPS) is 10.5. The van der Waals surface area contributed by atoms with Crippen molar-refractivity contribution >= 4 is 28.4 Å². The molecule has 0 radical (unpaired) electrons. The molecule has 0 saturated heterocycles. The third-order valence-corrected chi connectivity index (χ3v) is 4.73. The minimum atomic E-state index is -0.105. The number of carbonyl (C=O) groups excluding carboxylic acids is 1. The maximum Gasteiger partial charge on any atom is 0.255 e. The number of amides is 1. The summed E-state index contributed by atoms with van der Waals surface area (Å²) in [5.74, 6) is 1.32. The second kappa shape index (κ2) is 7.88. The fourth-order valence-corrected chi connectivity index (χ4v) is 3.30. The second-order valence-electron chi connectivity index (χ2n) is 5.32. The molecule has 0 unspecified atom stereocenters. The van der Waals surface area contributed by atoms with E-state index in [1.54, 1.807) is 18.9 Å². The van der Waals surface area contributed by atoms with Crippen molar-refractivity contribution < 1.29 is 9.53 Å². The van der Waals surface area contributed by atoms with Crippen molar-refractivity contribution in [1.82, 2.24) is 5.32 Å². The number of benzene rings is 3. The summed E-state index contributed by atoms with van der Waals surface area (Å²) in [5.41, 5.74) is 0.570. The van der Waals surface area contributed by atoms with E-state index < -0.39 is 0 Å². The molecule has 0 aromatic heterocycles. The Balaban J connectivity index is 1.65. The van der Waals surface area contributed by atoms with E-state index in [9.17, 15) is 4.79 Å². The molecule has 0 spiro atoms. The number of hydrogen-bond donors (Lipinski definition) is 1. The highest BCUT2D eigenvalue weighted by Crippen LogP contribution is 2.26. The Morgan fingerprint density at radius 3 is 2.38 bits per heavy atom. The number of carbonyl (C=O) groups is 1. The third kappa shape index (κ3) is 3.89. The first-order chi connectivity index (χ1) is 11.8. The van der Waals surface area contributed by atoms with Crippen LogP contribution in [-0.4, -0.2) is 25.3 Å². The highest BCUT2D eigenvalue weighted by molar-refractivity contribution is 7.99. The topological polar surface area (TPSA) is 38.3 Å². The lowest BCUT2D eigenvalue weighted by Crippen LogP contribution is -2.26. The maximum atomic E-state index is 12.5. The Kier molecular flexibility index (Phi) is 5.39. The van der Waals surface area contributed by atoms with Crippen molar-refractivity contribution in [2.24, 2.45) is 0 Å². The van der Waals surface area contributed by atoms with Crippen molar-refractivity contribution in [3.63, 3.8) is 0 Å². The fourth-order valence-electron chi connectivity index (χ4n) is 2.51. The van der Waals surface area contributed by atoms with Crippen molar-refractivity contribution in [2.45, 2.75) is 4.90 Å². The van der Waals surface area contributed by atoms with E-state index in [1.165, 1.54) is 4.90 Å². The molecule has 0 heterocycles. The number of rotatable bonds is 6. The summed E-state index contributed by atoms with van der Waals surface area (Å²) in [6.45, 7) is 0.606. The van der Waals surface area contributed by atoms with Crippen LogP contribution in [0, 0.1) is 0 Å². The van der Waals surface area contributed by atoms with E-state index in [0.717, 1.165) is 16.5 Å². The molecule has 0 atom stereocenters. The van der Waals surface area contributed by atoms with Crippen molar-refractivity contribution in [3.05, 3.63) is 72.3 Å². The molecule has 4 heteroatoms. The summed E-state index contributed by atoms with van der Waals surface area (Å²) in [4.78, 5) is 13.7. The average Bonchev–Trinajstić information content (AvgIpc) is 2.64. The van der Waals surface area contributed by atoms with Gasteiger partial charge in [0.25, 0.3) is 5.91 Å². The first-order valence-electron chi connectivity index (χ1n) is 7.81. The molecular weight excluding hydrogens is 318 g/mol. The Bertz CT molecular complexity index is 833. The largest absolute Gasteiger partial charge is 0.496 e. The summed E-state index contributed by atoms with van der Waals surface area (Å²) in [6, 6.07) is 21.9. The van der Waals surface area contributed by atoms with Crippen LogP contribution in [0.1, 0.15) is 10.4 Å². The Morgan fingerprint density at radius 2 is 1.67 bits per heavy atom. The molecule has 3 aromatic rings. The average molecular weight is 337 g/mol. The zero-order chi connectivity index (χ0) is 16.8. The monoisotopic (exact) mass is 337 g/mol. The van der Waals surface area contributed by atoms with E-state index in [0.29, 0.717) is 17.9 Å². The van der Waals surface area contributed by atoms with Crippen LogP contribution in [0.5, 0.6) is 5.75 Å². The van der Waals surface area contributed by atoms with E-state index >= 15 is 0 Å². The zero-order valence-corrected chi connectivity index (χ0v) is 14.3. The van der Waals surface area contributed by atoms with Gasteiger partial charge < -0.3 is 10.1 Å². The van der Waals surface area contributed by atoms with Gasteiger partial charge in [0.05, 0.1) is 12.7 Å². The quantitative estimate of drug-likeness (QED) is 0.536. The number of thioether (sulfide) groups is 1. The molecular formula is C20H19NO2S. The number of nitrogens with one attached hydrogen (secondary N) is 1. The predicted molar refractivity (Wildman–Crippen MR) is 100.0 cm³/mol. The van der Waals surface area contributed by atoms with E-state index in [1.807, 2.05) is 54.6 Å². The van der Waals surface area contributed by atoms with Crippen LogP contribution in [0.25, 0.3) is 10.8 Å². The van der Waals surface area contributed by atoms with Crippen LogP contribution < -0.4 is 10.1 Å². The molecule has 3 aromatic carbocycles. The van der Waals surface area contributed by atoms with Gasteiger partial charge in [-0.1, -0.05) is 42.5 Å². The zero-order valence-electron chi connectivity index (χ0n) is 13.5. The van der Waals surface area contributed by atoms with Gasteiger partial charge in [-0.15, -0.1) is 11.8 Å². The highest BCUT2D eigenvalue weighted by atomic mass is 32.2. The lowest BCUT2D eigenvalue weighted by atomic mass is 10.1. The van der Waals surface area contributed by atoms with Crippen molar-refractivity contribution in [1.29, 1.82) is 0 Å². The Hall–Kier alpha value is -2.46. The molecule has 1 N–H and O–H groups in total. The lowest BCUT2D eigenvalue weighted by molar-refractivity contribution is 0.0953. The standard InChI is InChI=1S/C20H19NO2S/c1-23-19-14-16-8-6-5-7-15(16)13-18(19)20(22)21-11-12-24-17-9-3-2-4-10-17/h2-10,13-14H,11-12H2,1H3,(H,21,22). The van der Waals surface area contributed by atoms with Gasteiger partial charge >= 0.3 is 0 Å². The molecule has 24 heavy (non-hydrogen) atoms. The van der Waals surface area contributed by atoms with Gasteiger partial charge in [-0.3, -0.25) is 4.79 Å². The fraction of sp³-hybridized carbons (Fsp3) is 0.150. The SMILES string of the molecule is COc1cc2ccccc2cc1C(=O)NCCSc1ccccc1. The summed E-state index contributed by atoms with van der Waals surface area (Å²) in [7, 11) is 1.59. The molecule has 0 bridgehead atoms. The second-order valence-corrected chi connectivity index (χ2v) is 6.49. The van der Waals surface area contributed by atoms with Gasteiger partial charge in [0, 0.05) is 17.2 Å². The van der Waals surface area contributed by atoms with E-state index in [4.69, 9.17) is 4.74 Å². The summed E-state index contributed by atoms with van der Waals surface area (Å²) >= 11 is 1.72. The molecule has 0 saturated carbocycles. The molecule has 3 nitrogen and oxygen atoms in total. The van der Waals surface area contributed by atoms with E-state index in [-0.39, 0.29) is 5.91 Å². The van der Waals surface area contributed by atoms with Crippen LogP contribution in [-0.2, 0) is 0 Å². The number of fused-ring (bicyclic) bond motifs is 1. The molecule has 0 aliphatic rings. The first kappa shape index (κ1) is 16.4. The highest BCUT2D eigenvalue weighted by Gasteiger charge is 2.13. The molecule has 0 aliphatic heterocycles. The minimum absolute atomic E-state index is 0.105. The summed E-state index contributed by atoms with van der Waals surface area (Å²) in [5, 5.41) is 5.06. The van der Waals surface area contributed by atoms with Gasteiger partial charge in [-0.2, -0.15) is 0 Å². The molecule has 0 aliphatic carbocycles. The molecule has 122 valence electrons. The van der Waals surface area contributed by atoms with Crippen LogP contribution >= 0.6 is 11.8 Å². The summed E-state index contributed by atoms with van der Waals surface area (Å²) in [6.07, 6.45) is 0.